The second-order valence-corrected chi connectivity index (χ2v) is 8.58. The number of carbonyl (C=O) groups is 1. The van der Waals surface area contributed by atoms with Crippen LogP contribution in [0, 0.1) is 5.82 Å². The summed E-state index contributed by atoms with van der Waals surface area (Å²) in [6.45, 7) is 3.43. The first-order valence-electron chi connectivity index (χ1n) is 11.6. The van der Waals surface area contributed by atoms with Gasteiger partial charge >= 0.3 is 6.16 Å². The van der Waals surface area contributed by atoms with Gasteiger partial charge in [-0.15, -0.1) is 0 Å². The van der Waals surface area contributed by atoms with Crippen molar-refractivity contribution in [2.24, 2.45) is 5.73 Å². The summed E-state index contributed by atoms with van der Waals surface area (Å²) < 4.78 is 19.8. The first-order valence-corrected chi connectivity index (χ1v) is 11.6. The average molecular weight is 489 g/mol. The molecule has 0 unspecified atom stereocenters. The maximum absolute atomic E-state index is 13.3. The molecule has 1 saturated heterocycles. The van der Waals surface area contributed by atoms with Gasteiger partial charge < -0.3 is 29.9 Å². The topological polar surface area (TPSA) is 101 Å². The molecule has 0 amide bonds. The van der Waals surface area contributed by atoms with Crippen LogP contribution in [-0.4, -0.2) is 42.0 Å². The lowest BCUT2D eigenvalue weighted by Crippen LogP contribution is -2.46. The monoisotopic (exact) mass is 488 g/mol. The third kappa shape index (κ3) is 4.60. The molecule has 0 saturated carbocycles. The lowest BCUT2D eigenvalue weighted by molar-refractivity contribution is 0.144. The third-order valence-corrected chi connectivity index (χ3v) is 6.44. The van der Waals surface area contributed by atoms with Crippen LogP contribution in [0.15, 0.2) is 77.7 Å². The van der Waals surface area contributed by atoms with Gasteiger partial charge in [0.25, 0.3) is 0 Å². The summed E-state index contributed by atoms with van der Waals surface area (Å²) in [5.74, 6) is -0.521. The molecule has 1 aliphatic rings. The van der Waals surface area contributed by atoms with Crippen LogP contribution < -0.4 is 25.7 Å². The first kappa shape index (κ1) is 23.4. The molecule has 5 rings (SSSR count). The number of fused-ring (bicyclic) bond motifs is 1. The number of piperazine rings is 1. The zero-order valence-corrected chi connectivity index (χ0v) is 19.4. The highest BCUT2D eigenvalue weighted by molar-refractivity contribution is 5.86. The van der Waals surface area contributed by atoms with Gasteiger partial charge in [0.15, 0.2) is 5.75 Å². The fourth-order valence-electron chi connectivity index (χ4n) is 4.53. The van der Waals surface area contributed by atoms with Crippen molar-refractivity contribution in [2.45, 2.75) is 6.54 Å². The van der Waals surface area contributed by atoms with Gasteiger partial charge in [0.2, 0.25) is 5.43 Å². The Bertz CT molecular complexity index is 1460. The number of nitrogens with zero attached hydrogens (tertiary/aromatic N) is 3. The molecule has 1 aliphatic heterocycles. The molecule has 4 aromatic rings. The van der Waals surface area contributed by atoms with Gasteiger partial charge in [-0.25, -0.2) is 9.18 Å². The van der Waals surface area contributed by atoms with Crippen LogP contribution in [0.25, 0.3) is 16.6 Å². The zero-order chi connectivity index (χ0) is 25.2. The average Bonchev–Trinajstić information content (AvgIpc) is 2.90. The van der Waals surface area contributed by atoms with Crippen LogP contribution in [0.1, 0.15) is 5.56 Å². The van der Waals surface area contributed by atoms with Crippen LogP contribution in [-0.2, 0) is 6.54 Å². The number of pyridine rings is 1. The van der Waals surface area contributed by atoms with Gasteiger partial charge in [-0.1, -0.05) is 12.1 Å². The van der Waals surface area contributed by atoms with Crippen molar-refractivity contribution in [3.05, 3.63) is 94.5 Å². The first-order chi connectivity index (χ1) is 17.4. The minimum atomic E-state index is -1.55. The molecule has 2 heterocycles. The minimum Gasteiger partial charge on any atom is -0.449 e. The van der Waals surface area contributed by atoms with Gasteiger partial charge in [0.05, 0.1) is 17.1 Å². The fraction of sp³-hybridized carbons (Fsp3) is 0.185. The van der Waals surface area contributed by atoms with Crippen LogP contribution in [0.4, 0.5) is 20.6 Å². The Morgan fingerprint density at radius 2 is 1.47 bits per heavy atom. The molecule has 1 aromatic heterocycles. The number of halogens is 1. The Labute approximate surface area is 206 Å². The second-order valence-electron chi connectivity index (χ2n) is 8.58. The number of ether oxygens (including phenoxy) is 1. The molecule has 0 atom stereocenters. The van der Waals surface area contributed by atoms with Crippen molar-refractivity contribution >= 4 is 28.4 Å². The lowest BCUT2D eigenvalue weighted by atomic mass is 10.1. The SMILES string of the molecule is NCc1ccc(-n2cc(OC(=O)O)c(=O)c3ccc(N4CCN(c5ccc(F)cc5)CC4)cc32)cc1. The summed E-state index contributed by atoms with van der Waals surface area (Å²) in [6, 6.07) is 19.5. The van der Waals surface area contributed by atoms with E-state index >= 15 is 0 Å². The van der Waals surface area contributed by atoms with Crippen molar-refractivity contribution in [3.63, 3.8) is 0 Å². The van der Waals surface area contributed by atoms with Crippen molar-refractivity contribution in [1.82, 2.24) is 4.57 Å². The number of anilines is 2. The quantitative estimate of drug-likeness (QED) is 0.410. The summed E-state index contributed by atoms with van der Waals surface area (Å²) in [5.41, 5.74) is 9.49. The highest BCUT2D eigenvalue weighted by atomic mass is 19.1. The summed E-state index contributed by atoms with van der Waals surface area (Å²) in [4.78, 5) is 28.6. The Morgan fingerprint density at radius 1 is 0.889 bits per heavy atom. The summed E-state index contributed by atoms with van der Waals surface area (Å²) in [5, 5.41) is 9.46. The van der Waals surface area contributed by atoms with Crippen molar-refractivity contribution in [3.8, 4) is 11.4 Å². The number of aromatic nitrogens is 1. The molecule has 184 valence electrons. The van der Waals surface area contributed by atoms with Crippen LogP contribution >= 0.6 is 0 Å². The van der Waals surface area contributed by atoms with Crippen molar-refractivity contribution in [2.75, 3.05) is 36.0 Å². The molecule has 1 fully saturated rings. The number of nitrogens with two attached hydrogens (primary N) is 1. The van der Waals surface area contributed by atoms with Gasteiger partial charge in [-0.2, -0.15) is 0 Å². The summed E-state index contributed by atoms with van der Waals surface area (Å²) in [6.07, 6.45) is -0.140. The molecule has 9 heteroatoms. The van der Waals surface area contributed by atoms with Gasteiger partial charge in [0.1, 0.15) is 5.82 Å². The lowest BCUT2D eigenvalue weighted by Gasteiger charge is -2.37. The number of hydrogen-bond acceptors (Lipinski definition) is 6. The number of benzene rings is 3. The van der Waals surface area contributed by atoms with Gasteiger partial charge in [0, 0.05) is 49.8 Å². The van der Waals surface area contributed by atoms with E-state index in [0.29, 0.717) is 17.4 Å². The Morgan fingerprint density at radius 3 is 2.08 bits per heavy atom. The van der Waals surface area contributed by atoms with Gasteiger partial charge in [-0.3, -0.25) is 4.79 Å². The highest BCUT2D eigenvalue weighted by Crippen LogP contribution is 2.27. The van der Waals surface area contributed by atoms with E-state index in [0.717, 1.165) is 48.8 Å². The molecule has 36 heavy (non-hydrogen) atoms. The number of rotatable bonds is 5. The van der Waals surface area contributed by atoms with E-state index in [1.54, 1.807) is 22.8 Å². The zero-order valence-electron chi connectivity index (χ0n) is 19.4. The van der Waals surface area contributed by atoms with E-state index in [-0.39, 0.29) is 11.6 Å². The van der Waals surface area contributed by atoms with Crippen LogP contribution in [0.5, 0.6) is 5.75 Å². The fourth-order valence-corrected chi connectivity index (χ4v) is 4.53. The maximum atomic E-state index is 13.3. The molecule has 0 radical (unpaired) electrons. The Hall–Kier alpha value is -4.37. The molecule has 8 nitrogen and oxygen atoms in total. The third-order valence-electron chi connectivity index (χ3n) is 6.44. The Balaban J connectivity index is 1.50. The smallest absolute Gasteiger partial charge is 0.449 e. The molecule has 0 aliphatic carbocycles. The predicted octanol–water partition coefficient (Wildman–Crippen LogP) is 3.97. The van der Waals surface area contributed by atoms with E-state index in [1.807, 2.05) is 36.4 Å². The maximum Gasteiger partial charge on any atom is 0.511 e. The number of hydrogen-bond donors (Lipinski definition) is 2. The standard InChI is InChI=1S/C27H25FN4O4/c28-19-3-7-20(8-4-19)30-11-13-31(14-12-30)22-9-10-23-24(15-22)32(17-25(26(23)33)36-27(34)35)21-5-1-18(16-29)2-6-21/h1-10,15,17H,11-14,16,29H2,(H,34,35). The van der Waals surface area contributed by atoms with Gasteiger partial charge in [-0.05, 0) is 60.2 Å². The molecule has 3 aromatic carbocycles. The van der Waals surface area contributed by atoms with E-state index in [2.05, 4.69) is 9.80 Å². The molecular weight excluding hydrogens is 463 g/mol. The van der Waals surface area contributed by atoms with Crippen LogP contribution in [0.2, 0.25) is 0 Å². The van der Waals surface area contributed by atoms with E-state index in [4.69, 9.17) is 15.6 Å². The van der Waals surface area contributed by atoms with Crippen molar-refractivity contribution in [1.29, 1.82) is 0 Å². The van der Waals surface area contributed by atoms with E-state index < -0.39 is 11.6 Å². The Kier molecular flexibility index (Phi) is 6.30. The molecule has 3 N–H and O–H groups in total. The van der Waals surface area contributed by atoms with Crippen LogP contribution in [0.3, 0.4) is 0 Å². The molecule has 0 bridgehead atoms. The predicted molar refractivity (Wildman–Crippen MR) is 137 cm³/mol. The highest BCUT2D eigenvalue weighted by Gasteiger charge is 2.20. The minimum absolute atomic E-state index is 0.255. The van der Waals surface area contributed by atoms with E-state index in [9.17, 15) is 14.0 Å². The van der Waals surface area contributed by atoms with E-state index in [1.165, 1.54) is 18.3 Å². The summed E-state index contributed by atoms with van der Waals surface area (Å²) >= 11 is 0. The normalized spacial score (nSPS) is 13.7. The summed E-state index contributed by atoms with van der Waals surface area (Å²) in [7, 11) is 0. The largest absolute Gasteiger partial charge is 0.511 e. The number of carboxylic acid groups (broad SMARTS) is 1. The molecular formula is C27H25FN4O4. The molecule has 0 spiro atoms. The van der Waals surface area contributed by atoms with Crippen molar-refractivity contribution < 1.29 is 19.0 Å². The second kappa shape index (κ2) is 9.71.